The Morgan fingerprint density at radius 3 is 2.47 bits per heavy atom. The van der Waals surface area contributed by atoms with Crippen molar-refractivity contribution in [2.75, 3.05) is 18.0 Å². The number of benzene rings is 1. The van der Waals surface area contributed by atoms with E-state index in [1.807, 2.05) is 4.90 Å². The maximum absolute atomic E-state index is 11.2. The van der Waals surface area contributed by atoms with Crippen LogP contribution in [0, 0.1) is 10.1 Å². The normalized spacial score (nSPS) is 15.3. The van der Waals surface area contributed by atoms with Crippen molar-refractivity contribution >= 4 is 28.9 Å². The number of nitrogens with zero attached hydrogens (tertiary/aromatic N) is 2. The first-order valence-electron chi connectivity index (χ1n) is 6.03. The quantitative estimate of drug-likeness (QED) is 0.681. The molecule has 1 aromatic carbocycles. The molecule has 0 aliphatic carbocycles. The van der Waals surface area contributed by atoms with E-state index in [2.05, 4.69) is 0 Å². The number of rotatable bonds is 3. The van der Waals surface area contributed by atoms with Gasteiger partial charge in [-0.3, -0.25) is 14.9 Å². The molecule has 1 aromatic rings. The summed E-state index contributed by atoms with van der Waals surface area (Å²) in [6, 6.07) is 2.58. The van der Waals surface area contributed by atoms with Gasteiger partial charge in [-0.15, -0.1) is 0 Å². The highest BCUT2D eigenvalue weighted by Crippen LogP contribution is 2.38. The second-order valence-corrected chi connectivity index (χ2v) is 4.90. The molecule has 2 N–H and O–H groups in total. The highest BCUT2D eigenvalue weighted by Gasteiger charge is 2.26. The van der Waals surface area contributed by atoms with E-state index in [0.29, 0.717) is 5.69 Å². The maximum atomic E-state index is 11.2. The molecule has 0 aromatic heterocycles. The summed E-state index contributed by atoms with van der Waals surface area (Å²) < 4.78 is 0. The molecule has 1 heterocycles. The van der Waals surface area contributed by atoms with Gasteiger partial charge in [-0.1, -0.05) is 11.6 Å². The Morgan fingerprint density at radius 2 is 1.95 bits per heavy atom. The van der Waals surface area contributed by atoms with Crippen molar-refractivity contribution in [2.45, 2.75) is 19.3 Å². The third-order valence-corrected chi connectivity index (χ3v) is 3.48. The van der Waals surface area contributed by atoms with Crippen molar-refractivity contribution in [1.29, 1.82) is 0 Å². The summed E-state index contributed by atoms with van der Waals surface area (Å²) in [5.74, 6) is -0.727. The zero-order valence-corrected chi connectivity index (χ0v) is 11.0. The first kappa shape index (κ1) is 13.6. The van der Waals surface area contributed by atoms with Gasteiger partial charge in [-0.25, -0.2) is 0 Å². The van der Waals surface area contributed by atoms with Crippen molar-refractivity contribution < 1.29 is 9.72 Å². The maximum Gasteiger partial charge on any atom is 0.294 e. The average molecular weight is 284 g/mol. The van der Waals surface area contributed by atoms with Gasteiger partial charge in [0.05, 0.1) is 9.95 Å². The largest absolute Gasteiger partial charge is 0.366 e. The van der Waals surface area contributed by atoms with Crippen LogP contribution >= 0.6 is 11.6 Å². The molecule has 0 atom stereocenters. The van der Waals surface area contributed by atoms with Gasteiger partial charge < -0.3 is 10.6 Å². The highest BCUT2D eigenvalue weighted by molar-refractivity contribution is 6.34. The van der Waals surface area contributed by atoms with Crippen molar-refractivity contribution in [3.63, 3.8) is 0 Å². The van der Waals surface area contributed by atoms with E-state index in [-0.39, 0.29) is 16.3 Å². The molecule has 6 nitrogen and oxygen atoms in total. The Kier molecular flexibility index (Phi) is 3.90. The van der Waals surface area contributed by atoms with Crippen LogP contribution < -0.4 is 10.6 Å². The van der Waals surface area contributed by atoms with Crippen LogP contribution in [0.15, 0.2) is 12.1 Å². The molecule has 0 unspecified atom stereocenters. The lowest BCUT2D eigenvalue weighted by Gasteiger charge is -2.29. The molecule has 1 saturated heterocycles. The number of carbonyl (C=O) groups is 1. The lowest BCUT2D eigenvalue weighted by Crippen LogP contribution is -2.30. The number of piperidine rings is 1. The molecule has 2 rings (SSSR count). The Bertz CT molecular complexity index is 527. The minimum Gasteiger partial charge on any atom is -0.366 e. The van der Waals surface area contributed by atoms with Crippen LogP contribution in [-0.4, -0.2) is 23.9 Å². The summed E-state index contributed by atoms with van der Waals surface area (Å²) in [6.45, 7) is 1.47. The number of hydrogen-bond acceptors (Lipinski definition) is 4. The third-order valence-electron chi connectivity index (χ3n) is 3.20. The Labute approximate surface area is 115 Å². The predicted octanol–water partition coefficient (Wildman–Crippen LogP) is 2.34. The topological polar surface area (TPSA) is 89.5 Å². The molecule has 1 aliphatic rings. The molecule has 19 heavy (non-hydrogen) atoms. The van der Waals surface area contributed by atoms with Crippen molar-refractivity contribution in [2.24, 2.45) is 5.73 Å². The second kappa shape index (κ2) is 5.44. The summed E-state index contributed by atoms with van der Waals surface area (Å²) >= 11 is 6.10. The molecule has 1 fully saturated rings. The Balaban J connectivity index is 2.51. The summed E-state index contributed by atoms with van der Waals surface area (Å²) in [4.78, 5) is 23.7. The molecule has 7 heteroatoms. The van der Waals surface area contributed by atoms with E-state index in [1.165, 1.54) is 12.1 Å². The van der Waals surface area contributed by atoms with Crippen LogP contribution in [0.2, 0.25) is 5.02 Å². The Morgan fingerprint density at radius 1 is 1.32 bits per heavy atom. The lowest BCUT2D eigenvalue weighted by molar-refractivity contribution is -0.384. The van der Waals surface area contributed by atoms with E-state index in [4.69, 9.17) is 17.3 Å². The average Bonchev–Trinajstić information content (AvgIpc) is 2.38. The third kappa shape index (κ3) is 2.78. The SMILES string of the molecule is NC(=O)c1cc(Cl)c(N2CCCCC2)c([N+](=O)[O-])c1. The Hall–Kier alpha value is -1.82. The second-order valence-electron chi connectivity index (χ2n) is 4.49. The van der Waals surface area contributed by atoms with Crippen LogP contribution in [0.1, 0.15) is 29.6 Å². The molecule has 0 radical (unpaired) electrons. The molecule has 0 spiro atoms. The minimum absolute atomic E-state index is 0.0532. The highest BCUT2D eigenvalue weighted by atomic mass is 35.5. The van der Waals surface area contributed by atoms with Crippen molar-refractivity contribution in [3.05, 3.63) is 32.8 Å². The summed E-state index contributed by atoms with van der Waals surface area (Å²) in [6.07, 6.45) is 3.07. The minimum atomic E-state index is -0.727. The number of carbonyl (C=O) groups excluding carboxylic acids is 1. The van der Waals surface area contributed by atoms with Gasteiger partial charge in [-0.05, 0) is 25.3 Å². The first-order valence-corrected chi connectivity index (χ1v) is 6.41. The predicted molar refractivity (Wildman–Crippen MR) is 72.7 cm³/mol. The van der Waals surface area contributed by atoms with Gasteiger partial charge in [0, 0.05) is 24.7 Å². The number of amides is 1. The number of primary amides is 1. The fraction of sp³-hybridized carbons (Fsp3) is 0.417. The van der Waals surface area contributed by atoms with Gasteiger partial charge in [0.15, 0.2) is 0 Å². The summed E-state index contributed by atoms with van der Waals surface area (Å²) in [7, 11) is 0. The fourth-order valence-corrected chi connectivity index (χ4v) is 2.63. The zero-order valence-electron chi connectivity index (χ0n) is 10.3. The van der Waals surface area contributed by atoms with E-state index in [0.717, 1.165) is 32.4 Å². The van der Waals surface area contributed by atoms with Gasteiger partial charge >= 0.3 is 0 Å². The van der Waals surface area contributed by atoms with Crippen LogP contribution in [0.25, 0.3) is 0 Å². The first-order chi connectivity index (χ1) is 9.00. The van der Waals surface area contributed by atoms with Crippen LogP contribution in [-0.2, 0) is 0 Å². The van der Waals surface area contributed by atoms with Gasteiger partial charge in [0.1, 0.15) is 5.69 Å². The van der Waals surface area contributed by atoms with Gasteiger partial charge in [0.25, 0.3) is 5.69 Å². The van der Waals surface area contributed by atoms with E-state index in [1.54, 1.807) is 0 Å². The van der Waals surface area contributed by atoms with Gasteiger partial charge in [0.2, 0.25) is 5.91 Å². The fourth-order valence-electron chi connectivity index (χ4n) is 2.30. The zero-order chi connectivity index (χ0) is 14.0. The molecular weight excluding hydrogens is 270 g/mol. The van der Waals surface area contributed by atoms with Crippen LogP contribution in [0.4, 0.5) is 11.4 Å². The van der Waals surface area contributed by atoms with E-state index < -0.39 is 10.8 Å². The van der Waals surface area contributed by atoms with Crippen LogP contribution in [0.3, 0.4) is 0 Å². The van der Waals surface area contributed by atoms with Gasteiger partial charge in [-0.2, -0.15) is 0 Å². The number of nitro benzene ring substituents is 1. The standard InChI is InChI=1S/C12H14ClN3O3/c13-9-6-8(12(14)17)7-10(16(18)19)11(9)15-4-2-1-3-5-15/h6-7H,1-5H2,(H2,14,17). The molecular formula is C12H14ClN3O3. The number of nitrogens with two attached hydrogens (primary N) is 1. The molecule has 102 valence electrons. The van der Waals surface area contributed by atoms with Crippen molar-refractivity contribution in [3.8, 4) is 0 Å². The smallest absolute Gasteiger partial charge is 0.294 e. The number of nitro groups is 1. The van der Waals surface area contributed by atoms with E-state index in [9.17, 15) is 14.9 Å². The lowest BCUT2D eigenvalue weighted by atomic mass is 10.1. The van der Waals surface area contributed by atoms with E-state index >= 15 is 0 Å². The monoisotopic (exact) mass is 283 g/mol. The summed E-state index contributed by atoms with van der Waals surface area (Å²) in [5, 5.41) is 11.4. The number of halogens is 1. The van der Waals surface area contributed by atoms with Crippen LogP contribution in [0.5, 0.6) is 0 Å². The molecule has 0 bridgehead atoms. The number of hydrogen-bond donors (Lipinski definition) is 1. The molecule has 1 aliphatic heterocycles. The number of anilines is 1. The molecule has 0 saturated carbocycles. The molecule has 1 amide bonds. The van der Waals surface area contributed by atoms with Crippen molar-refractivity contribution in [1.82, 2.24) is 0 Å². The summed E-state index contributed by atoms with van der Waals surface area (Å²) in [5.41, 5.74) is 5.42.